The lowest BCUT2D eigenvalue weighted by Gasteiger charge is -2.12. The van der Waals surface area contributed by atoms with Crippen LogP contribution in [0.3, 0.4) is 0 Å². The van der Waals surface area contributed by atoms with Crippen molar-refractivity contribution in [2.24, 2.45) is 0 Å². The van der Waals surface area contributed by atoms with E-state index in [4.69, 9.17) is 8.53 Å². The number of hydrogen-bond acceptors (Lipinski definition) is 6. The lowest BCUT2D eigenvalue weighted by molar-refractivity contribution is 0.578. The highest BCUT2D eigenvalue weighted by Crippen LogP contribution is 2.42. The van der Waals surface area contributed by atoms with Gasteiger partial charge in [-0.3, -0.25) is 4.98 Å². The van der Waals surface area contributed by atoms with Crippen LogP contribution in [0.1, 0.15) is 41.0 Å². The number of pyridine rings is 1. The normalized spacial score (nSPS) is 13.7. The summed E-state index contributed by atoms with van der Waals surface area (Å²) in [4.78, 5) is 4.39. The Balaban J connectivity index is 1.74. The van der Waals surface area contributed by atoms with E-state index in [-0.39, 0.29) is 11.0 Å². The largest absolute Gasteiger partial charge is 0.455 e. The average molecular weight is 428 g/mol. The van der Waals surface area contributed by atoms with Gasteiger partial charge in [-0.1, -0.05) is 50.3 Å². The molecule has 3 aromatic heterocycles. The van der Waals surface area contributed by atoms with Crippen molar-refractivity contribution < 1.29 is 8.53 Å². The molecule has 0 aliphatic heterocycles. The van der Waals surface area contributed by atoms with E-state index in [9.17, 15) is 5.26 Å². The summed E-state index contributed by atoms with van der Waals surface area (Å²) in [5.41, 5.74) is 3.63. The van der Waals surface area contributed by atoms with Crippen LogP contribution in [0, 0.1) is 18.2 Å². The molecular formula is C25H20N4OS. The van der Waals surface area contributed by atoms with Gasteiger partial charge in [-0.2, -0.15) is 5.26 Å². The van der Waals surface area contributed by atoms with Crippen molar-refractivity contribution in [1.29, 1.82) is 5.26 Å². The number of fused-ring (bicyclic) bond motifs is 3. The van der Waals surface area contributed by atoms with Crippen molar-refractivity contribution >= 4 is 33.3 Å². The van der Waals surface area contributed by atoms with E-state index >= 15 is 0 Å². The van der Waals surface area contributed by atoms with Crippen molar-refractivity contribution in [3.05, 3.63) is 64.8 Å². The van der Waals surface area contributed by atoms with E-state index in [2.05, 4.69) is 42.0 Å². The first-order chi connectivity index (χ1) is 16.1. The number of benzene rings is 2. The summed E-state index contributed by atoms with van der Waals surface area (Å²) in [6.45, 7) is 4.00. The van der Waals surface area contributed by atoms with E-state index in [1.807, 2.05) is 24.3 Å². The van der Waals surface area contributed by atoms with Crippen LogP contribution in [0.4, 0.5) is 0 Å². The van der Waals surface area contributed by atoms with E-state index in [0.29, 0.717) is 33.0 Å². The zero-order valence-corrected chi connectivity index (χ0v) is 18.0. The number of para-hydroxylation sites is 1. The van der Waals surface area contributed by atoms with E-state index < -0.39 is 6.85 Å². The van der Waals surface area contributed by atoms with Gasteiger partial charge in [-0.15, -0.1) is 10.2 Å². The minimum absolute atomic E-state index is 0.162. The molecule has 0 saturated heterocycles. The molecule has 0 aliphatic rings. The van der Waals surface area contributed by atoms with Gasteiger partial charge in [0.1, 0.15) is 22.2 Å². The van der Waals surface area contributed by atoms with Crippen molar-refractivity contribution in [2.45, 2.75) is 33.0 Å². The molecule has 5 aromatic rings. The maximum Gasteiger partial charge on any atom is 0.152 e. The third-order valence-electron chi connectivity index (χ3n) is 5.11. The summed E-state index contributed by atoms with van der Waals surface area (Å²) >= 11 is 1.45. The smallest absolute Gasteiger partial charge is 0.152 e. The summed E-state index contributed by atoms with van der Waals surface area (Å²) < 4.78 is 29.1. The first-order valence-corrected chi connectivity index (χ1v) is 10.6. The summed E-state index contributed by atoms with van der Waals surface area (Å²) in [5.74, 6) is 0. The molecule has 0 spiro atoms. The third kappa shape index (κ3) is 3.18. The molecule has 2 aromatic carbocycles. The highest BCUT2D eigenvalue weighted by atomic mass is 32.1. The Hall–Kier alpha value is -3.56. The predicted molar refractivity (Wildman–Crippen MR) is 124 cm³/mol. The zero-order chi connectivity index (χ0) is 24.3. The molecule has 31 heavy (non-hydrogen) atoms. The van der Waals surface area contributed by atoms with Gasteiger partial charge in [0.2, 0.25) is 0 Å². The fraction of sp³-hybridized carbons (Fsp3) is 0.200. The topological polar surface area (TPSA) is 75.6 Å². The predicted octanol–water partition coefficient (Wildman–Crippen LogP) is 6.64. The molecule has 0 atom stereocenters. The van der Waals surface area contributed by atoms with Crippen LogP contribution in [0.25, 0.3) is 43.8 Å². The monoisotopic (exact) mass is 427 g/mol. The van der Waals surface area contributed by atoms with E-state index in [1.54, 1.807) is 18.2 Å². The standard InChI is InChI=1S/C25H20N4OS/c1-14-8-11-19(27-13-14)18-7-5-6-16-17-10-9-15(12-26)20(22(17)30-21(16)18)23-28-29-24(31-23)25(2,3)4/h5-11,13H,1-4H3/i1D3. The number of nitrogens with zero attached hydrogens (tertiary/aromatic N) is 4. The van der Waals surface area contributed by atoms with Gasteiger partial charge in [0, 0.05) is 32.1 Å². The lowest BCUT2D eigenvalue weighted by atomic mass is 9.98. The second-order valence-corrected chi connectivity index (χ2v) is 9.33. The lowest BCUT2D eigenvalue weighted by Crippen LogP contribution is -2.10. The quantitative estimate of drug-likeness (QED) is 0.315. The Morgan fingerprint density at radius 1 is 1.03 bits per heavy atom. The molecule has 5 rings (SSSR count). The zero-order valence-electron chi connectivity index (χ0n) is 20.2. The Morgan fingerprint density at radius 2 is 1.87 bits per heavy atom. The second-order valence-electron chi connectivity index (χ2n) is 8.36. The molecule has 6 heteroatoms. The molecule has 0 fully saturated rings. The van der Waals surface area contributed by atoms with Gasteiger partial charge < -0.3 is 4.42 Å². The van der Waals surface area contributed by atoms with Gasteiger partial charge in [-0.25, -0.2) is 0 Å². The SMILES string of the molecule is [2H]C([2H])([2H])c1ccc(-c2cccc3c2oc2c(-c4nnc(C(C)(C)C)s4)c(C#N)ccc23)nc1. The number of aryl methyl sites for hydroxylation is 1. The molecule has 0 amide bonds. The van der Waals surface area contributed by atoms with Crippen LogP contribution >= 0.6 is 11.3 Å². The van der Waals surface area contributed by atoms with Crippen molar-refractivity contribution in [2.75, 3.05) is 0 Å². The Kier molecular flexibility index (Phi) is 3.65. The molecule has 0 bridgehead atoms. The fourth-order valence-corrected chi connectivity index (χ4v) is 4.51. The number of hydrogen-bond donors (Lipinski definition) is 0. The molecule has 0 N–H and O–H groups in total. The molecule has 152 valence electrons. The minimum Gasteiger partial charge on any atom is -0.455 e. The number of rotatable bonds is 2. The van der Waals surface area contributed by atoms with Crippen LogP contribution in [0.15, 0.2) is 53.1 Å². The molecule has 3 heterocycles. The Labute approximate surface area is 188 Å². The maximum absolute atomic E-state index is 9.81. The third-order valence-corrected chi connectivity index (χ3v) is 6.47. The average Bonchev–Trinajstić information content (AvgIpc) is 3.43. The number of aromatic nitrogens is 3. The summed E-state index contributed by atoms with van der Waals surface area (Å²) in [7, 11) is 0. The molecule has 0 aliphatic carbocycles. The Morgan fingerprint density at radius 3 is 2.55 bits per heavy atom. The minimum atomic E-state index is -2.22. The molecular weight excluding hydrogens is 404 g/mol. The molecule has 5 nitrogen and oxygen atoms in total. The first-order valence-electron chi connectivity index (χ1n) is 11.3. The van der Waals surface area contributed by atoms with Crippen LogP contribution < -0.4 is 0 Å². The summed E-state index contributed by atoms with van der Waals surface area (Å²) in [5, 5.41) is 21.8. The van der Waals surface area contributed by atoms with E-state index in [0.717, 1.165) is 21.3 Å². The first kappa shape index (κ1) is 16.2. The second kappa shape index (κ2) is 7.00. The maximum atomic E-state index is 9.81. The Bertz CT molecular complexity index is 1590. The molecule has 0 saturated carbocycles. The van der Waals surface area contributed by atoms with Gasteiger partial charge in [0.25, 0.3) is 0 Å². The van der Waals surface area contributed by atoms with E-state index in [1.165, 1.54) is 17.5 Å². The van der Waals surface area contributed by atoms with Gasteiger partial charge in [-0.05, 0) is 36.7 Å². The van der Waals surface area contributed by atoms with Gasteiger partial charge >= 0.3 is 0 Å². The highest BCUT2D eigenvalue weighted by Gasteiger charge is 2.24. The number of furan rings is 1. The summed E-state index contributed by atoms with van der Waals surface area (Å²) in [6.07, 6.45) is 1.37. The van der Waals surface area contributed by atoms with Gasteiger partial charge in [0.05, 0.1) is 16.8 Å². The van der Waals surface area contributed by atoms with Crippen molar-refractivity contribution in [3.63, 3.8) is 0 Å². The van der Waals surface area contributed by atoms with Crippen molar-refractivity contribution in [3.8, 4) is 27.9 Å². The van der Waals surface area contributed by atoms with Crippen molar-refractivity contribution in [1.82, 2.24) is 15.2 Å². The number of nitriles is 1. The van der Waals surface area contributed by atoms with Crippen LogP contribution in [0.5, 0.6) is 0 Å². The van der Waals surface area contributed by atoms with Crippen LogP contribution in [-0.4, -0.2) is 15.2 Å². The van der Waals surface area contributed by atoms with Crippen LogP contribution in [0.2, 0.25) is 0 Å². The molecule has 0 radical (unpaired) electrons. The van der Waals surface area contributed by atoms with Crippen LogP contribution in [-0.2, 0) is 5.41 Å². The fourth-order valence-electron chi connectivity index (χ4n) is 3.55. The highest BCUT2D eigenvalue weighted by molar-refractivity contribution is 7.15. The summed E-state index contributed by atoms with van der Waals surface area (Å²) in [6, 6.07) is 14.9. The molecule has 0 unspecified atom stereocenters. The van der Waals surface area contributed by atoms with Gasteiger partial charge in [0.15, 0.2) is 5.01 Å².